The van der Waals surface area contributed by atoms with E-state index in [9.17, 15) is 9.59 Å². The van der Waals surface area contributed by atoms with Gasteiger partial charge < -0.3 is 20.4 Å². The van der Waals surface area contributed by atoms with Crippen LogP contribution in [0.1, 0.15) is 52.0 Å². The highest BCUT2D eigenvalue weighted by atomic mass is 16.2. The number of rotatable bonds is 7. The third-order valence-electron chi connectivity index (χ3n) is 7.13. The molecule has 1 aliphatic heterocycles. The number of piperazine rings is 1. The van der Waals surface area contributed by atoms with Gasteiger partial charge in [0.2, 0.25) is 0 Å². The highest BCUT2D eigenvalue weighted by Crippen LogP contribution is 2.23. The number of benzene rings is 1. The number of nitrogens with one attached hydrogen (secondary N) is 4. The number of carbonyl (C=O) groups is 2. The summed E-state index contributed by atoms with van der Waals surface area (Å²) in [5, 5.41) is 6.40. The molecule has 2 amide bonds. The Morgan fingerprint density at radius 1 is 1.10 bits per heavy atom. The van der Waals surface area contributed by atoms with E-state index in [0.717, 1.165) is 44.7 Å². The Bertz CT molecular complexity index is 715. The van der Waals surface area contributed by atoms with Gasteiger partial charge in [-0.05, 0) is 43.7 Å². The zero-order chi connectivity index (χ0) is 21.5. The van der Waals surface area contributed by atoms with E-state index in [1.807, 2.05) is 18.2 Å². The summed E-state index contributed by atoms with van der Waals surface area (Å²) in [7, 11) is 0. The van der Waals surface area contributed by atoms with Crippen LogP contribution in [0.2, 0.25) is 0 Å². The molecule has 4 N–H and O–H groups in total. The first-order chi connectivity index (χ1) is 14.5. The predicted octanol–water partition coefficient (Wildman–Crippen LogP) is 0.0543. The van der Waals surface area contributed by atoms with E-state index >= 15 is 0 Å². The molecule has 1 aliphatic carbocycles. The Kier molecular flexibility index (Phi) is 8.28. The average molecular weight is 417 g/mol. The summed E-state index contributed by atoms with van der Waals surface area (Å²) < 4.78 is 0. The quantitative estimate of drug-likeness (QED) is 0.508. The third-order valence-corrected chi connectivity index (χ3v) is 7.13. The van der Waals surface area contributed by atoms with Gasteiger partial charge >= 0.3 is 0 Å². The molecule has 1 heterocycles. The van der Waals surface area contributed by atoms with Crippen LogP contribution in [0.15, 0.2) is 24.3 Å². The van der Waals surface area contributed by atoms with Gasteiger partial charge in [-0.2, -0.15) is 0 Å². The maximum Gasteiger partial charge on any atom is 0.279 e. The van der Waals surface area contributed by atoms with E-state index in [2.05, 4.69) is 37.5 Å². The molecule has 3 atom stereocenters. The summed E-state index contributed by atoms with van der Waals surface area (Å²) in [6.45, 7) is 10.6. The van der Waals surface area contributed by atoms with Crippen molar-refractivity contribution in [1.29, 1.82) is 0 Å². The van der Waals surface area contributed by atoms with Crippen LogP contribution in [0, 0.1) is 5.92 Å². The topological polar surface area (TPSA) is 67.1 Å². The summed E-state index contributed by atoms with van der Waals surface area (Å²) in [4.78, 5) is 27.9. The molecule has 6 heteroatoms. The zero-order valence-corrected chi connectivity index (χ0v) is 18.9. The molecule has 166 valence electrons. The fourth-order valence-corrected chi connectivity index (χ4v) is 4.93. The van der Waals surface area contributed by atoms with Crippen LogP contribution >= 0.6 is 0 Å². The van der Waals surface area contributed by atoms with Crippen LogP contribution in [-0.4, -0.2) is 56.6 Å². The zero-order valence-electron chi connectivity index (χ0n) is 18.9. The van der Waals surface area contributed by atoms with E-state index in [-0.39, 0.29) is 17.9 Å². The van der Waals surface area contributed by atoms with Gasteiger partial charge in [-0.25, -0.2) is 0 Å². The van der Waals surface area contributed by atoms with Gasteiger partial charge in [-0.15, -0.1) is 0 Å². The summed E-state index contributed by atoms with van der Waals surface area (Å²) in [6.07, 6.45) is 5.76. The molecule has 0 spiro atoms. The molecule has 0 aromatic heterocycles. The summed E-state index contributed by atoms with van der Waals surface area (Å²) in [6, 6.07) is 8.32. The van der Waals surface area contributed by atoms with Crippen LogP contribution in [-0.2, 0) is 16.0 Å². The SMILES string of the molecule is CCc1ccccc1NC(=O)C[NH+]1CC[NH+]([C@@H](C)C(=O)N[C@H]2CCCC[C@@H]2C)CC1. The van der Waals surface area contributed by atoms with Crippen molar-refractivity contribution in [1.82, 2.24) is 5.32 Å². The first kappa shape index (κ1) is 22.8. The smallest absolute Gasteiger partial charge is 0.279 e. The fraction of sp³-hybridized carbons (Fsp3) is 0.667. The van der Waals surface area contributed by atoms with Crippen molar-refractivity contribution >= 4 is 17.5 Å². The number of aryl methyl sites for hydroxylation is 1. The summed E-state index contributed by atoms with van der Waals surface area (Å²) in [5.74, 6) is 0.857. The Hall–Kier alpha value is -1.92. The lowest BCUT2D eigenvalue weighted by molar-refractivity contribution is -1.01. The lowest BCUT2D eigenvalue weighted by Gasteiger charge is -2.34. The van der Waals surface area contributed by atoms with Gasteiger partial charge in [0.05, 0.1) is 0 Å². The molecular weight excluding hydrogens is 376 g/mol. The number of para-hydroxylation sites is 1. The van der Waals surface area contributed by atoms with E-state index in [4.69, 9.17) is 0 Å². The normalized spacial score (nSPS) is 27.8. The Morgan fingerprint density at radius 2 is 1.80 bits per heavy atom. The number of quaternary nitrogens is 2. The molecule has 6 nitrogen and oxygen atoms in total. The predicted molar refractivity (Wildman–Crippen MR) is 120 cm³/mol. The van der Waals surface area contributed by atoms with Crippen LogP contribution in [0.3, 0.4) is 0 Å². The highest BCUT2D eigenvalue weighted by Gasteiger charge is 2.33. The maximum atomic E-state index is 12.8. The van der Waals surface area contributed by atoms with Crippen molar-refractivity contribution in [3.8, 4) is 0 Å². The van der Waals surface area contributed by atoms with Gasteiger partial charge in [0, 0.05) is 11.7 Å². The Labute approximate surface area is 181 Å². The Balaban J connectivity index is 1.42. The first-order valence-corrected chi connectivity index (χ1v) is 11.8. The molecule has 1 aromatic rings. The second-order valence-corrected chi connectivity index (χ2v) is 9.24. The Morgan fingerprint density at radius 3 is 2.50 bits per heavy atom. The van der Waals surface area contributed by atoms with E-state index in [1.165, 1.54) is 34.6 Å². The largest absolute Gasteiger partial charge is 0.348 e. The van der Waals surface area contributed by atoms with Gasteiger partial charge in [-0.1, -0.05) is 44.9 Å². The van der Waals surface area contributed by atoms with Crippen LogP contribution in [0.25, 0.3) is 0 Å². The standard InChI is InChI=1S/C24H38N4O2/c1-4-20-10-6-8-12-22(20)25-23(29)17-27-13-15-28(16-14-27)19(3)24(30)26-21-11-7-5-9-18(21)2/h6,8,10,12,18-19,21H,4-5,7,9,11,13-17H2,1-3H3,(H,25,29)(H,26,30)/p+2/t18-,19-,21-/m0/s1. The molecule has 1 saturated heterocycles. The molecule has 1 saturated carbocycles. The maximum absolute atomic E-state index is 12.8. The molecule has 30 heavy (non-hydrogen) atoms. The van der Waals surface area contributed by atoms with Crippen LogP contribution in [0.5, 0.6) is 0 Å². The van der Waals surface area contributed by atoms with E-state index < -0.39 is 0 Å². The molecular formula is C24H40N4O2+2. The lowest BCUT2D eigenvalue weighted by atomic mass is 9.86. The van der Waals surface area contributed by atoms with Crippen molar-refractivity contribution in [2.75, 3.05) is 38.0 Å². The van der Waals surface area contributed by atoms with E-state index in [1.54, 1.807) is 0 Å². The first-order valence-electron chi connectivity index (χ1n) is 11.8. The van der Waals surface area contributed by atoms with Crippen molar-refractivity contribution in [3.63, 3.8) is 0 Å². The minimum Gasteiger partial charge on any atom is -0.348 e. The monoisotopic (exact) mass is 416 g/mol. The number of amides is 2. The van der Waals surface area contributed by atoms with Crippen molar-refractivity contribution < 1.29 is 19.4 Å². The highest BCUT2D eigenvalue weighted by molar-refractivity contribution is 5.92. The third kappa shape index (κ3) is 6.05. The van der Waals surface area contributed by atoms with Gasteiger partial charge in [0.15, 0.2) is 12.6 Å². The molecule has 0 bridgehead atoms. The second kappa shape index (κ2) is 10.9. The molecule has 0 unspecified atom stereocenters. The number of anilines is 1. The molecule has 3 rings (SSSR count). The fourth-order valence-electron chi connectivity index (χ4n) is 4.93. The molecule has 0 radical (unpaired) electrons. The summed E-state index contributed by atoms with van der Waals surface area (Å²) in [5.41, 5.74) is 2.10. The second-order valence-electron chi connectivity index (χ2n) is 9.24. The lowest BCUT2D eigenvalue weighted by Crippen LogP contribution is -3.30. The van der Waals surface area contributed by atoms with Gasteiger partial charge in [-0.3, -0.25) is 9.59 Å². The number of hydrogen-bond acceptors (Lipinski definition) is 2. The molecule has 2 fully saturated rings. The van der Waals surface area contributed by atoms with Crippen molar-refractivity contribution in [2.24, 2.45) is 5.92 Å². The van der Waals surface area contributed by atoms with Crippen molar-refractivity contribution in [2.45, 2.75) is 65.0 Å². The van der Waals surface area contributed by atoms with Crippen molar-refractivity contribution in [3.05, 3.63) is 29.8 Å². The van der Waals surface area contributed by atoms with Crippen LogP contribution < -0.4 is 20.4 Å². The molecule has 1 aromatic carbocycles. The average Bonchev–Trinajstić information content (AvgIpc) is 2.75. The van der Waals surface area contributed by atoms with Gasteiger partial charge in [0.25, 0.3) is 11.8 Å². The van der Waals surface area contributed by atoms with E-state index in [0.29, 0.717) is 18.5 Å². The number of carbonyl (C=O) groups excluding carboxylic acids is 2. The number of hydrogen-bond donors (Lipinski definition) is 4. The molecule has 2 aliphatic rings. The summed E-state index contributed by atoms with van der Waals surface area (Å²) >= 11 is 0. The minimum absolute atomic E-state index is 0.0223. The van der Waals surface area contributed by atoms with Crippen LogP contribution in [0.4, 0.5) is 5.69 Å². The van der Waals surface area contributed by atoms with Gasteiger partial charge in [0.1, 0.15) is 26.2 Å². The minimum atomic E-state index is -0.0223.